The minimum Gasteiger partial charge on any atom is -0.493 e. The Morgan fingerprint density at radius 3 is 2.85 bits per heavy atom. The molecule has 0 spiro atoms. The van der Waals surface area contributed by atoms with Crippen molar-refractivity contribution in [3.63, 3.8) is 0 Å². The Labute approximate surface area is 121 Å². The van der Waals surface area contributed by atoms with Crippen LogP contribution >= 0.6 is 11.6 Å². The number of ether oxygens (including phenoxy) is 2. The van der Waals surface area contributed by atoms with Gasteiger partial charge in [0.05, 0.1) is 12.1 Å². The maximum Gasteiger partial charge on any atom is 0.213 e. The van der Waals surface area contributed by atoms with Crippen LogP contribution in [0.4, 0.5) is 0 Å². The molecule has 0 aliphatic rings. The van der Waals surface area contributed by atoms with Crippen LogP contribution < -0.4 is 15.2 Å². The summed E-state index contributed by atoms with van der Waals surface area (Å²) in [6, 6.07) is 3.72. The van der Waals surface area contributed by atoms with Gasteiger partial charge in [0.15, 0.2) is 18.1 Å². The summed E-state index contributed by atoms with van der Waals surface area (Å²) < 4.78 is 15.5. The van der Waals surface area contributed by atoms with Crippen molar-refractivity contribution in [2.45, 2.75) is 26.0 Å². The van der Waals surface area contributed by atoms with E-state index < -0.39 is 0 Å². The second-order valence-electron chi connectivity index (χ2n) is 4.43. The van der Waals surface area contributed by atoms with E-state index in [1.165, 1.54) is 6.39 Å². The zero-order valence-corrected chi connectivity index (χ0v) is 12.1. The van der Waals surface area contributed by atoms with Crippen molar-refractivity contribution < 1.29 is 14.0 Å². The quantitative estimate of drug-likeness (QED) is 0.880. The van der Waals surface area contributed by atoms with Crippen molar-refractivity contribution >= 4 is 11.6 Å². The molecule has 0 aliphatic carbocycles. The lowest BCUT2D eigenvalue weighted by molar-refractivity contribution is 0.270. The molecular weight excluding hydrogens is 282 g/mol. The van der Waals surface area contributed by atoms with Crippen LogP contribution in [-0.2, 0) is 13.0 Å². The molecule has 6 nitrogen and oxygen atoms in total. The third kappa shape index (κ3) is 3.61. The number of rotatable bonds is 6. The fraction of sp³-hybridized carbons (Fsp3) is 0.385. The van der Waals surface area contributed by atoms with E-state index in [4.69, 9.17) is 26.8 Å². The number of methoxy groups -OCH3 is 1. The standard InChI is InChI=1S/C13H16ClN3O3/c1-8(15)3-9-4-10(14)13(11(5-9)18-2)19-6-12-16-7-20-17-12/h4-5,7-8H,3,6,15H2,1-2H3. The lowest BCUT2D eigenvalue weighted by atomic mass is 10.1. The van der Waals surface area contributed by atoms with E-state index >= 15 is 0 Å². The fourth-order valence-electron chi connectivity index (χ4n) is 1.80. The molecule has 0 radical (unpaired) electrons. The number of nitrogens with two attached hydrogens (primary N) is 1. The molecule has 1 atom stereocenters. The molecule has 0 bridgehead atoms. The summed E-state index contributed by atoms with van der Waals surface area (Å²) in [6.45, 7) is 2.08. The first-order chi connectivity index (χ1) is 9.60. The van der Waals surface area contributed by atoms with Crippen molar-refractivity contribution in [3.8, 4) is 11.5 Å². The number of nitrogens with zero attached hydrogens (tertiary/aromatic N) is 2. The second kappa shape index (κ2) is 6.58. The van der Waals surface area contributed by atoms with Gasteiger partial charge in [-0.3, -0.25) is 0 Å². The van der Waals surface area contributed by atoms with Crippen LogP contribution in [0.3, 0.4) is 0 Å². The number of hydrogen-bond donors (Lipinski definition) is 1. The van der Waals surface area contributed by atoms with Crippen LogP contribution in [0.1, 0.15) is 18.3 Å². The van der Waals surface area contributed by atoms with E-state index in [0.717, 1.165) is 5.56 Å². The van der Waals surface area contributed by atoms with Crippen molar-refractivity contribution in [3.05, 3.63) is 34.9 Å². The Morgan fingerprint density at radius 2 is 2.25 bits per heavy atom. The number of hydrogen-bond acceptors (Lipinski definition) is 6. The van der Waals surface area contributed by atoms with Crippen molar-refractivity contribution in [2.24, 2.45) is 5.73 Å². The number of aromatic nitrogens is 2. The summed E-state index contributed by atoms with van der Waals surface area (Å²) in [5, 5.41) is 4.12. The second-order valence-corrected chi connectivity index (χ2v) is 4.83. The molecule has 1 aromatic carbocycles. The van der Waals surface area contributed by atoms with Gasteiger partial charge < -0.3 is 19.7 Å². The first kappa shape index (κ1) is 14.6. The lowest BCUT2D eigenvalue weighted by Gasteiger charge is -2.14. The summed E-state index contributed by atoms with van der Waals surface area (Å²) in [7, 11) is 1.56. The Kier molecular flexibility index (Phi) is 4.81. The largest absolute Gasteiger partial charge is 0.493 e. The van der Waals surface area contributed by atoms with Crippen molar-refractivity contribution in [1.29, 1.82) is 0 Å². The molecular formula is C13H16ClN3O3. The maximum atomic E-state index is 6.23. The van der Waals surface area contributed by atoms with Gasteiger partial charge in [-0.25, -0.2) is 0 Å². The van der Waals surface area contributed by atoms with Crippen LogP contribution in [0.2, 0.25) is 5.02 Å². The van der Waals surface area contributed by atoms with E-state index in [1.54, 1.807) is 7.11 Å². The van der Waals surface area contributed by atoms with Gasteiger partial charge in [0.25, 0.3) is 0 Å². The summed E-state index contributed by atoms with van der Waals surface area (Å²) in [5.41, 5.74) is 6.78. The predicted octanol–water partition coefficient (Wildman–Crippen LogP) is 2.20. The summed E-state index contributed by atoms with van der Waals surface area (Å²) >= 11 is 6.23. The Balaban J connectivity index is 2.18. The van der Waals surface area contributed by atoms with E-state index in [1.807, 2.05) is 19.1 Å². The molecule has 2 N–H and O–H groups in total. The molecule has 1 heterocycles. The third-order valence-corrected chi connectivity index (χ3v) is 2.88. The summed E-state index contributed by atoms with van der Waals surface area (Å²) in [6.07, 6.45) is 1.95. The zero-order valence-electron chi connectivity index (χ0n) is 11.3. The third-order valence-electron chi connectivity index (χ3n) is 2.60. The average Bonchev–Trinajstić information content (AvgIpc) is 2.89. The maximum absolute atomic E-state index is 6.23. The fourth-order valence-corrected chi connectivity index (χ4v) is 2.08. The summed E-state index contributed by atoms with van der Waals surface area (Å²) in [5.74, 6) is 1.44. The van der Waals surface area contributed by atoms with Crippen molar-refractivity contribution in [1.82, 2.24) is 10.1 Å². The van der Waals surface area contributed by atoms with Gasteiger partial charge >= 0.3 is 0 Å². The first-order valence-electron chi connectivity index (χ1n) is 6.10. The minimum absolute atomic E-state index is 0.0434. The minimum atomic E-state index is 0.0434. The topological polar surface area (TPSA) is 83.4 Å². The molecule has 0 aliphatic heterocycles. The van der Waals surface area contributed by atoms with Crippen LogP contribution in [0.15, 0.2) is 23.0 Å². The molecule has 1 aromatic heterocycles. The molecule has 2 aromatic rings. The molecule has 0 saturated carbocycles. The molecule has 0 amide bonds. The Hall–Kier alpha value is -1.79. The Morgan fingerprint density at radius 1 is 1.45 bits per heavy atom. The van der Waals surface area contributed by atoms with E-state index in [2.05, 4.69) is 14.7 Å². The van der Waals surface area contributed by atoms with Gasteiger partial charge in [0.2, 0.25) is 12.2 Å². The van der Waals surface area contributed by atoms with Crippen LogP contribution in [0, 0.1) is 0 Å². The zero-order chi connectivity index (χ0) is 14.5. The highest BCUT2D eigenvalue weighted by atomic mass is 35.5. The first-order valence-corrected chi connectivity index (χ1v) is 6.48. The van der Waals surface area contributed by atoms with Gasteiger partial charge in [-0.05, 0) is 31.0 Å². The van der Waals surface area contributed by atoms with Gasteiger partial charge in [0.1, 0.15) is 0 Å². The molecule has 0 saturated heterocycles. The van der Waals surface area contributed by atoms with Crippen LogP contribution in [0.25, 0.3) is 0 Å². The number of halogens is 1. The molecule has 7 heteroatoms. The van der Waals surface area contributed by atoms with Gasteiger partial charge in [-0.15, -0.1) is 0 Å². The highest BCUT2D eigenvalue weighted by Gasteiger charge is 2.14. The summed E-state index contributed by atoms with van der Waals surface area (Å²) in [4.78, 5) is 3.87. The molecule has 0 fully saturated rings. The normalized spacial score (nSPS) is 12.2. The number of benzene rings is 1. The molecule has 20 heavy (non-hydrogen) atoms. The lowest BCUT2D eigenvalue weighted by Crippen LogP contribution is -2.17. The molecule has 2 rings (SSSR count). The van der Waals surface area contributed by atoms with E-state index in [0.29, 0.717) is 28.8 Å². The van der Waals surface area contributed by atoms with Crippen LogP contribution in [0.5, 0.6) is 11.5 Å². The van der Waals surface area contributed by atoms with Gasteiger partial charge in [-0.1, -0.05) is 16.8 Å². The average molecular weight is 298 g/mol. The molecule has 1 unspecified atom stereocenters. The smallest absolute Gasteiger partial charge is 0.213 e. The van der Waals surface area contributed by atoms with E-state index in [-0.39, 0.29) is 12.6 Å². The predicted molar refractivity (Wildman–Crippen MR) is 74.0 cm³/mol. The van der Waals surface area contributed by atoms with Gasteiger partial charge in [0, 0.05) is 6.04 Å². The van der Waals surface area contributed by atoms with Crippen LogP contribution in [-0.4, -0.2) is 23.3 Å². The SMILES string of the molecule is COc1cc(CC(C)N)cc(Cl)c1OCc1ncon1. The molecule has 108 valence electrons. The highest BCUT2D eigenvalue weighted by Crippen LogP contribution is 2.37. The van der Waals surface area contributed by atoms with E-state index in [9.17, 15) is 0 Å². The van der Waals surface area contributed by atoms with Crippen molar-refractivity contribution in [2.75, 3.05) is 7.11 Å². The highest BCUT2D eigenvalue weighted by molar-refractivity contribution is 6.32. The monoisotopic (exact) mass is 297 g/mol. The Bertz CT molecular complexity index is 558. The van der Waals surface area contributed by atoms with Gasteiger partial charge in [-0.2, -0.15) is 4.98 Å².